The van der Waals surface area contributed by atoms with Gasteiger partial charge in [0.2, 0.25) is 10.0 Å². The van der Waals surface area contributed by atoms with Gasteiger partial charge in [0.15, 0.2) is 0 Å². The van der Waals surface area contributed by atoms with Crippen LogP contribution in [0.25, 0.3) is 0 Å². The maximum atomic E-state index is 13.5. The molecule has 9 heteroatoms. The summed E-state index contributed by atoms with van der Waals surface area (Å²) in [6.07, 6.45) is -4.18. The van der Waals surface area contributed by atoms with Crippen LogP contribution >= 0.6 is 0 Å². The highest BCUT2D eigenvalue weighted by atomic mass is 32.2. The quantitative estimate of drug-likeness (QED) is 0.702. The first-order valence-corrected chi connectivity index (χ1v) is 9.24. The predicted octanol–water partition coefficient (Wildman–Crippen LogP) is 3.18. The van der Waals surface area contributed by atoms with E-state index in [1.165, 1.54) is 24.3 Å². The number of ether oxygens (including phenoxy) is 1. The van der Waals surface area contributed by atoms with Gasteiger partial charge in [-0.3, -0.25) is 4.79 Å². The molecular formula is C16H22F3NO4S. The van der Waals surface area contributed by atoms with E-state index in [-0.39, 0.29) is 11.3 Å². The van der Waals surface area contributed by atoms with Gasteiger partial charge >= 0.3 is 12.1 Å². The van der Waals surface area contributed by atoms with E-state index in [9.17, 15) is 26.4 Å². The number of alkyl halides is 3. The van der Waals surface area contributed by atoms with Crippen LogP contribution in [0.2, 0.25) is 0 Å². The Morgan fingerprint density at radius 2 is 1.80 bits per heavy atom. The van der Waals surface area contributed by atoms with Crippen molar-refractivity contribution >= 4 is 16.0 Å². The molecule has 0 bridgehead atoms. The Morgan fingerprint density at radius 3 is 2.24 bits per heavy atom. The van der Waals surface area contributed by atoms with Crippen LogP contribution in [-0.4, -0.2) is 33.7 Å². The van der Waals surface area contributed by atoms with E-state index in [0.29, 0.717) is 12.8 Å². The average molecular weight is 381 g/mol. The standard InChI is InChI=1S/C16H22F3NO4S/c1-4-5-6-13(15(21)24-3)14(16(17,18)19)20-25(22,23)12-9-7-11(2)8-10-12/h7-10,13-14,20H,4-6H2,1-3H3/t13-,14+/m0/s1. The molecule has 0 aliphatic carbocycles. The van der Waals surface area contributed by atoms with Gasteiger partial charge in [-0.2, -0.15) is 17.9 Å². The van der Waals surface area contributed by atoms with Crippen molar-refractivity contribution in [2.24, 2.45) is 5.92 Å². The Kier molecular flexibility index (Phi) is 7.43. The topological polar surface area (TPSA) is 72.5 Å². The van der Waals surface area contributed by atoms with Gasteiger partial charge < -0.3 is 4.74 Å². The van der Waals surface area contributed by atoms with Gasteiger partial charge in [0.05, 0.1) is 17.9 Å². The number of unbranched alkanes of at least 4 members (excludes halogenated alkanes) is 1. The molecule has 0 fully saturated rings. The number of rotatable bonds is 8. The summed E-state index contributed by atoms with van der Waals surface area (Å²) in [7, 11) is -3.47. The first-order chi connectivity index (χ1) is 11.5. The van der Waals surface area contributed by atoms with Gasteiger partial charge in [0, 0.05) is 0 Å². The summed E-state index contributed by atoms with van der Waals surface area (Å²) in [5.41, 5.74) is 0.765. The molecule has 25 heavy (non-hydrogen) atoms. The fourth-order valence-electron chi connectivity index (χ4n) is 2.33. The lowest BCUT2D eigenvalue weighted by Gasteiger charge is -2.28. The van der Waals surface area contributed by atoms with Crippen molar-refractivity contribution in [1.82, 2.24) is 4.72 Å². The maximum Gasteiger partial charge on any atom is 0.405 e. The van der Waals surface area contributed by atoms with Gasteiger partial charge in [-0.25, -0.2) is 8.42 Å². The van der Waals surface area contributed by atoms with Gasteiger partial charge in [0.1, 0.15) is 6.04 Å². The van der Waals surface area contributed by atoms with Crippen LogP contribution in [-0.2, 0) is 19.6 Å². The van der Waals surface area contributed by atoms with Crippen LogP contribution in [0.1, 0.15) is 31.7 Å². The summed E-state index contributed by atoms with van der Waals surface area (Å²) in [4.78, 5) is 11.5. The lowest BCUT2D eigenvalue weighted by molar-refractivity contribution is -0.178. The number of esters is 1. The first-order valence-electron chi connectivity index (χ1n) is 7.76. The van der Waals surface area contributed by atoms with E-state index in [4.69, 9.17) is 0 Å². The number of methoxy groups -OCH3 is 1. The lowest BCUT2D eigenvalue weighted by atomic mass is 9.94. The van der Waals surface area contributed by atoms with Crippen molar-refractivity contribution in [2.45, 2.75) is 50.2 Å². The molecule has 0 aliphatic heterocycles. The molecule has 1 aromatic carbocycles. The second-order valence-electron chi connectivity index (χ2n) is 5.73. The third-order valence-electron chi connectivity index (χ3n) is 3.74. The molecule has 0 radical (unpaired) electrons. The number of carbonyl (C=O) groups is 1. The smallest absolute Gasteiger partial charge is 0.405 e. The van der Waals surface area contributed by atoms with Gasteiger partial charge in [-0.1, -0.05) is 37.5 Å². The summed E-state index contributed by atoms with van der Waals surface area (Å²) in [6.45, 7) is 3.48. The molecule has 2 atom stereocenters. The molecule has 1 aromatic rings. The molecule has 0 heterocycles. The molecule has 0 saturated heterocycles. The van der Waals surface area contributed by atoms with Crippen molar-refractivity contribution in [3.05, 3.63) is 29.8 Å². The molecule has 142 valence electrons. The van der Waals surface area contributed by atoms with Crippen molar-refractivity contribution in [3.63, 3.8) is 0 Å². The minimum absolute atomic E-state index is 0.135. The first kappa shape index (κ1) is 21.4. The number of benzene rings is 1. The molecule has 0 unspecified atom stereocenters. The fourth-order valence-corrected chi connectivity index (χ4v) is 3.59. The number of hydrogen-bond acceptors (Lipinski definition) is 4. The molecule has 0 aliphatic rings. The number of hydrogen-bond donors (Lipinski definition) is 1. The normalized spacial score (nSPS) is 14.8. The van der Waals surface area contributed by atoms with Crippen molar-refractivity contribution in [2.75, 3.05) is 7.11 Å². The van der Waals surface area contributed by atoms with Crippen LogP contribution in [0, 0.1) is 12.8 Å². The summed E-state index contributed by atoms with van der Waals surface area (Å²) in [5.74, 6) is -2.74. The lowest BCUT2D eigenvalue weighted by Crippen LogP contribution is -2.52. The van der Waals surface area contributed by atoms with Gasteiger partial charge in [-0.15, -0.1) is 0 Å². The van der Waals surface area contributed by atoms with Gasteiger partial charge in [0.25, 0.3) is 0 Å². The molecule has 5 nitrogen and oxygen atoms in total. The predicted molar refractivity (Wildman–Crippen MR) is 86.4 cm³/mol. The van der Waals surface area contributed by atoms with E-state index < -0.39 is 34.1 Å². The molecule has 0 aromatic heterocycles. The zero-order valence-corrected chi connectivity index (χ0v) is 15.1. The van der Waals surface area contributed by atoms with Crippen LogP contribution in [0.5, 0.6) is 0 Å². The van der Waals surface area contributed by atoms with Crippen molar-refractivity contribution in [1.29, 1.82) is 0 Å². The van der Waals surface area contributed by atoms with Crippen molar-refractivity contribution < 1.29 is 31.1 Å². The second-order valence-corrected chi connectivity index (χ2v) is 7.44. The molecule has 0 spiro atoms. The van der Waals surface area contributed by atoms with Crippen LogP contribution < -0.4 is 4.72 Å². The Bertz CT molecular complexity index is 672. The van der Waals surface area contributed by atoms with E-state index in [1.807, 2.05) is 0 Å². The number of sulfonamides is 1. The zero-order valence-electron chi connectivity index (χ0n) is 14.3. The SMILES string of the molecule is CCCC[C@H](C(=O)OC)[C@@H](NS(=O)(=O)c1ccc(C)cc1)C(F)(F)F. The largest absolute Gasteiger partial charge is 0.469 e. The number of halogens is 3. The highest BCUT2D eigenvalue weighted by Crippen LogP contribution is 2.31. The Hall–Kier alpha value is -1.61. The van der Waals surface area contributed by atoms with Crippen LogP contribution in [0.15, 0.2) is 29.2 Å². The molecule has 1 rings (SSSR count). The Morgan fingerprint density at radius 1 is 1.24 bits per heavy atom. The highest BCUT2D eigenvalue weighted by Gasteiger charge is 2.49. The third-order valence-corrected chi connectivity index (χ3v) is 5.20. The van der Waals surface area contributed by atoms with Gasteiger partial charge in [-0.05, 0) is 25.5 Å². The monoisotopic (exact) mass is 381 g/mol. The van der Waals surface area contributed by atoms with E-state index in [1.54, 1.807) is 18.6 Å². The van der Waals surface area contributed by atoms with Crippen LogP contribution in [0.3, 0.4) is 0 Å². The summed E-state index contributed by atoms with van der Waals surface area (Å²) >= 11 is 0. The molecule has 0 amide bonds. The van der Waals surface area contributed by atoms with Crippen LogP contribution in [0.4, 0.5) is 13.2 Å². The second kappa shape index (κ2) is 8.66. The van der Waals surface area contributed by atoms with Crippen molar-refractivity contribution in [3.8, 4) is 0 Å². The number of nitrogens with one attached hydrogen (secondary N) is 1. The third kappa shape index (κ3) is 6.00. The fraction of sp³-hybridized carbons (Fsp3) is 0.562. The van der Waals surface area contributed by atoms with E-state index in [0.717, 1.165) is 12.7 Å². The Labute approximate surface area is 145 Å². The summed E-state index contributed by atoms with van der Waals surface area (Å²) in [6, 6.07) is 2.82. The number of carbonyl (C=O) groups excluding carboxylic acids is 1. The average Bonchev–Trinajstić information content (AvgIpc) is 2.53. The van der Waals surface area contributed by atoms with E-state index >= 15 is 0 Å². The molecule has 1 N–H and O–H groups in total. The minimum atomic E-state index is -4.94. The molecular weight excluding hydrogens is 359 g/mol. The summed E-state index contributed by atoms with van der Waals surface area (Å²) < 4.78 is 71.1. The Balaban J connectivity index is 3.21. The molecule has 0 saturated carbocycles. The van der Waals surface area contributed by atoms with E-state index in [2.05, 4.69) is 4.74 Å². The number of aryl methyl sites for hydroxylation is 1. The highest BCUT2D eigenvalue weighted by molar-refractivity contribution is 7.89. The summed E-state index contributed by atoms with van der Waals surface area (Å²) in [5, 5.41) is 0. The maximum absolute atomic E-state index is 13.5. The minimum Gasteiger partial charge on any atom is -0.469 e. The zero-order chi connectivity index (χ0) is 19.3.